The van der Waals surface area contributed by atoms with Crippen LogP contribution in [0.4, 0.5) is 4.39 Å². The number of nitrogens with zero attached hydrogens (tertiary/aromatic N) is 1. The van der Waals surface area contributed by atoms with E-state index < -0.39 is 11.5 Å². The average molecular weight is 238 g/mol. The summed E-state index contributed by atoms with van der Waals surface area (Å²) < 4.78 is 12.6. The summed E-state index contributed by atoms with van der Waals surface area (Å²) in [5.74, 6) is -0.556. The molecule has 0 spiro atoms. The molecule has 5 heteroatoms. The van der Waals surface area contributed by atoms with Crippen molar-refractivity contribution < 1.29 is 9.18 Å². The van der Waals surface area contributed by atoms with E-state index in [0.29, 0.717) is 23.6 Å². The number of rotatable bonds is 1. The molecule has 2 fully saturated rings. The summed E-state index contributed by atoms with van der Waals surface area (Å²) in [5, 5.41) is 1.17. The highest BCUT2D eigenvalue weighted by Gasteiger charge is 2.33. The van der Waals surface area contributed by atoms with Gasteiger partial charge < -0.3 is 4.90 Å². The quantitative estimate of drug-likeness (QED) is 0.651. The van der Waals surface area contributed by atoms with Crippen molar-refractivity contribution in [3.05, 3.63) is 0 Å². The molecule has 2 saturated heterocycles. The number of fused-ring (bicyclic) bond motifs is 2. The molecule has 2 heterocycles. The second kappa shape index (κ2) is 4.27. The van der Waals surface area contributed by atoms with Gasteiger partial charge in [0.25, 0.3) is 11.5 Å². The Labute approximate surface area is 92.2 Å². The monoisotopic (exact) mass is 237 g/mol. The minimum atomic E-state index is -1.86. The molecular weight excluding hydrogens is 225 g/mol. The first-order valence-electron chi connectivity index (χ1n) is 4.89. The lowest BCUT2D eigenvalue weighted by atomic mass is 10.1. The standard InChI is InChI=1S/C9H13ClFNOS/c10-8(11)9(13)12-4-3-6-1-2-7(5-12)14-6/h6-8H,1-5H2. The van der Waals surface area contributed by atoms with Gasteiger partial charge in [-0.1, -0.05) is 11.6 Å². The van der Waals surface area contributed by atoms with Gasteiger partial charge in [0, 0.05) is 23.6 Å². The highest BCUT2D eigenvalue weighted by atomic mass is 35.5. The molecule has 2 rings (SSSR count). The number of likely N-dealkylation sites (tertiary alicyclic amines) is 1. The number of carbonyl (C=O) groups is 1. The highest BCUT2D eigenvalue weighted by molar-refractivity contribution is 8.00. The molecule has 0 aromatic heterocycles. The fraction of sp³-hybridized carbons (Fsp3) is 0.889. The second-order valence-corrected chi connectivity index (χ2v) is 5.82. The topological polar surface area (TPSA) is 20.3 Å². The van der Waals surface area contributed by atoms with Crippen LogP contribution >= 0.6 is 23.4 Å². The van der Waals surface area contributed by atoms with Crippen molar-refractivity contribution in [2.24, 2.45) is 0 Å². The molecule has 14 heavy (non-hydrogen) atoms. The molecule has 0 aliphatic carbocycles. The van der Waals surface area contributed by atoms with Crippen molar-refractivity contribution in [2.75, 3.05) is 13.1 Å². The fourth-order valence-electron chi connectivity index (χ4n) is 2.10. The maximum absolute atomic E-state index is 12.6. The first-order chi connectivity index (χ1) is 6.66. The van der Waals surface area contributed by atoms with Gasteiger partial charge in [-0.25, -0.2) is 4.39 Å². The van der Waals surface area contributed by atoms with Gasteiger partial charge in [-0.05, 0) is 19.3 Å². The lowest BCUT2D eigenvalue weighted by Crippen LogP contribution is -2.39. The fourth-order valence-corrected chi connectivity index (χ4v) is 3.84. The summed E-state index contributed by atoms with van der Waals surface area (Å²) >= 11 is 7.10. The van der Waals surface area contributed by atoms with Crippen LogP contribution in [0.5, 0.6) is 0 Å². The molecule has 1 amide bonds. The Morgan fingerprint density at radius 1 is 1.43 bits per heavy atom. The molecule has 0 N–H and O–H groups in total. The van der Waals surface area contributed by atoms with Crippen molar-refractivity contribution in [1.29, 1.82) is 0 Å². The molecule has 3 unspecified atom stereocenters. The summed E-state index contributed by atoms with van der Waals surface area (Å²) in [5.41, 5.74) is -1.86. The Balaban J connectivity index is 1.98. The van der Waals surface area contributed by atoms with E-state index in [1.54, 1.807) is 4.90 Å². The molecule has 0 radical (unpaired) electrons. The van der Waals surface area contributed by atoms with Gasteiger partial charge in [0.15, 0.2) is 0 Å². The molecule has 3 atom stereocenters. The average Bonchev–Trinajstić information content (AvgIpc) is 2.45. The van der Waals surface area contributed by atoms with Gasteiger partial charge in [0.05, 0.1) is 0 Å². The zero-order valence-electron chi connectivity index (χ0n) is 7.79. The van der Waals surface area contributed by atoms with Gasteiger partial charge in [-0.2, -0.15) is 11.8 Å². The van der Waals surface area contributed by atoms with Gasteiger partial charge in [0.2, 0.25) is 0 Å². The van der Waals surface area contributed by atoms with Gasteiger partial charge in [-0.15, -0.1) is 0 Å². The zero-order valence-corrected chi connectivity index (χ0v) is 9.36. The summed E-state index contributed by atoms with van der Waals surface area (Å²) in [6, 6.07) is 0. The van der Waals surface area contributed by atoms with E-state index in [2.05, 4.69) is 0 Å². The SMILES string of the molecule is O=C(C(F)Cl)N1CCC2CCC(C1)S2. The summed E-state index contributed by atoms with van der Waals surface area (Å²) in [6.07, 6.45) is 3.38. The third-order valence-electron chi connectivity index (χ3n) is 2.84. The van der Waals surface area contributed by atoms with E-state index in [1.807, 2.05) is 11.8 Å². The largest absolute Gasteiger partial charge is 0.338 e. The van der Waals surface area contributed by atoms with Crippen LogP contribution in [0.3, 0.4) is 0 Å². The van der Waals surface area contributed by atoms with E-state index in [0.717, 1.165) is 12.8 Å². The number of hydrogen-bond donors (Lipinski definition) is 0. The first kappa shape index (κ1) is 10.6. The Hall–Kier alpha value is 0.0400. The van der Waals surface area contributed by atoms with E-state index in [9.17, 15) is 9.18 Å². The molecule has 80 valence electrons. The molecule has 2 bridgehead atoms. The van der Waals surface area contributed by atoms with Crippen LogP contribution in [0.2, 0.25) is 0 Å². The minimum Gasteiger partial charge on any atom is -0.338 e. The lowest BCUT2D eigenvalue weighted by Gasteiger charge is -2.24. The van der Waals surface area contributed by atoms with E-state index in [4.69, 9.17) is 11.6 Å². The summed E-state index contributed by atoms with van der Waals surface area (Å²) in [4.78, 5) is 12.9. The summed E-state index contributed by atoms with van der Waals surface area (Å²) in [6.45, 7) is 1.34. The Morgan fingerprint density at radius 3 is 2.86 bits per heavy atom. The van der Waals surface area contributed by atoms with Crippen LogP contribution in [0.1, 0.15) is 19.3 Å². The number of hydrogen-bond acceptors (Lipinski definition) is 2. The predicted octanol–water partition coefficient (Wildman–Crippen LogP) is 2.02. The first-order valence-corrected chi connectivity index (χ1v) is 6.27. The van der Waals surface area contributed by atoms with Crippen molar-refractivity contribution >= 4 is 29.3 Å². The normalized spacial score (nSPS) is 34.0. The molecule has 2 aliphatic heterocycles. The molecule has 2 aliphatic rings. The minimum absolute atomic E-state index is 0.502. The number of halogens is 2. The van der Waals surface area contributed by atoms with Crippen molar-refractivity contribution in [2.45, 2.75) is 35.4 Å². The van der Waals surface area contributed by atoms with Gasteiger partial charge in [-0.3, -0.25) is 4.79 Å². The van der Waals surface area contributed by atoms with Gasteiger partial charge >= 0.3 is 0 Å². The summed E-state index contributed by atoms with van der Waals surface area (Å²) in [7, 11) is 0. The van der Waals surface area contributed by atoms with Crippen LogP contribution in [-0.4, -0.2) is 40.0 Å². The number of amides is 1. The molecule has 0 aromatic rings. The van der Waals surface area contributed by atoms with E-state index in [1.165, 1.54) is 6.42 Å². The third-order valence-corrected chi connectivity index (χ3v) is 4.65. The maximum Gasteiger partial charge on any atom is 0.272 e. The van der Waals surface area contributed by atoms with Crippen LogP contribution < -0.4 is 0 Å². The predicted molar refractivity (Wildman–Crippen MR) is 56.3 cm³/mol. The van der Waals surface area contributed by atoms with Crippen molar-refractivity contribution in [1.82, 2.24) is 4.90 Å². The second-order valence-electron chi connectivity index (χ2n) is 3.83. The molecule has 0 aromatic carbocycles. The molecule has 2 nitrogen and oxygen atoms in total. The Morgan fingerprint density at radius 2 is 2.14 bits per heavy atom. The Kier molecular flexibility index (Phi) is 3.22. The molecular formula is C9H13ClFNOS. The van der Waals surface area contributed by atoms with E-state index in [-0.39, 0.29) is 0 Å². The van der Waals surface area contributed by atoms with Crippen LogP contribution in [0.25, 0.3) is 0 Å². The smallest absolute Gasteiger partial charge is 0.272 e. The third kappa shape index (κ3) is 2.16. The Bertz CT molecular complexity index is 239. The van der Waals surface area contributed by atoms with Crippen molar-refractivity contribution in [3.63, 3.8) is 0 Å². The maximum atomic E-state index is 12.6. The number of alkyl halides is 2. The van der Waals surface area contributed by atoms with E-state index >= 15 is 0 Å². The zero-order chi connectivity index (χ0) is 10.1. The van der Waals surface area contributed by atoms with Crippen LogP contribution in [0, 0.1) is 0 Å². The van der Waals surface area contributed by atoms with Crippen LogP contribution in [0.15, 0.2) is 0 Å². The highest BCUT2D eigenvalue weighted by Crippen LogP contribution is 2.38. The molecule has 0 saturated carbocycles. The number of thioether (sulfide) groups is 1. The van der Waals surface area contributed by atoms with Crippen molar-refractivity contribution in [3.8, 4) is 0 Å². The van der Waals surface area contributed by atoms with Gasteiger partial charge in [0.1, 0.15) is 0 Å². The lowest BCUT2D eigenvalue weighted by molar-refractivity contribution is -0.133. The van der Waals surface area contributed by atoms with Crippen LogP contribution in [-0.2, 0) is 4.79 Å². The number of carbonyl (C=O) groups excluding carboxylic acids is 1.